The van der Waals surface area contributed by atoms with Crippen LogP contribution < -0.4 is 17.7 Å². The molecule has 1 aliphatic heterocycles. The second kappa shape index (κ2) is 6.30. The van der Waals surface area contributed by atoms with Gasteiger partial charge in [0.2, 0.25) is 0 Å². The molecule has 5 nitrogen and oxygen atoms in total. The van der Waals surface area contributed by atoms with E-state index < -0.39 is 0 Å². The van der Waals surface area contributed by atoms with Crippen LogP contribution in [0.5, 0.6) is 0 Å². The van der Waals surface area contributed by atoms with Crippen molar-refractivity contribution in [3.8, 4) is 0 Å². The number of hydrogen-bond acceptors (Lipinski definition) is 4. The van der Waals surface area contributed by atoms with E-state index in [4.69, 9.17) is 0 Å². The van der Waals surface area contributed by atoms with E-state index in [1.807, 2.05) is 27.7 Å². The number of piperidine rings is 1. The maximum absolute atomic E-state index is 12.2. The van der Waals surface area contributed by atoms with Crippen molar-refractivity contribution in [3.05, 3.63) is 30.1 Å². The zero-order chi connectivity index (χ0) is 15.0. The molecule has 0 aliphatic carbocycles. The third-order valence-electron chi connectivity index (χ3n) is 3.87. The van der Waals surface area contributed by atoms with Crippen LogP contribution in [0, 0.1) is 0 Å². The predicted octanol–water partition coefficient (Wildman–Crippen LogP) is -0.774. The molecule has 1 saturated heterocycles. The van der Waals surface area contributed by atoms with Gasteiger partial charge in [-0.2, -0.15) is 5.06 Å². The SMILES string of the molecule is CC1(C)CC(NC(=O)c2ccccn2)CC(C)(C)N1O.[Cl-]. The number of carbonyl (C=O) groups is 1. The van der Waals surface area contributed by atoms with Crippen LogP contribution in [-0.2, 0) is 0 Å². The van der Waals surface area contributed by atoms with E-state index in [2.05, 4.69) is 10.3 Å². The summed E-state index contributed by atoms with van der Waals surface area (Å²) < 4.78 is 0. The molecule has 1 fully saturated rings. The van der Waals surface area contributed by atoms with E-state index in [0.717, 1.165) is 0 Å². The highest BCUT2D eigenvalue weighted by Gasteiger charge is 2.45. The van der Waals surface area contributed by atoms with Crippen molar-refractivity contribution in [1.82, 2.24) is 15.4 Å². The number of hydroxylamine groups is 2. The minimum absolute atomic E-state index is 0. The summed E-state index contributed by atoms with van der Waals surface area (Å²) in [6, 6.07) is 5.31. The largest absolute Gasteiger partial charge is 1.00 e. The Hall–Kier alpha value is -1.17. The van der Waals surface area contributed by atoms with Gasteiger partial charge in [-0.05, 0) is 52.7 Å². The molecule has 118 valence electrons. The summed E-state index contributed by atoms with van der Waals surface area (Å²) in [5.74, 6) is -0.159. The van der Waals surface area contributed by atoms with Crippen molar-refractivity contribution in [3.63, 3.8) is 0 Å². The fraction of sp³-hybridized carbons (Fsp3) is 0.600. The molecule has 0 aromatic carbocycles. The van der Waals surface area contributed by atoms with Gasteiger partial charge in [0.25, 0.3) is 5.91 Å². The molecule has 2 N–H and O–H groups in total. The molecular weight excluding hydrogens is 290 g/mol. The van der Waals surface area contributed by atoms with Gasteiger partial charge < -0.3 is 22.9 Å². The summed E-state index contributed by atoms with van der Waals surface area (Å²) in [7, 11) is 0. The summed E-state index contributed by atoms with van der Waals surface area (Å²) in [4.78, 5) is 16.2. The summed E-state index contributed by atoms with van der Waals surface area (Å²) in [5, 5.41) is 14.7. The minimum atomic E-state index is -0.371. The number of pyridine rings is 1. The highest BCUT2D eigenvalue weighted by atomic mass is 35.5. The van der Waals surface area contributed by atoms with Crippen molar-refractivity contribution in [2.24, 2.45) is 0 Å². The number of rotatable bonds is 2. The Balaban J connectivity index is 0.00000220. The molecule has 21 heavy (non-hydrogen) atoms. The van der Waals surface area contributed by atoms with Crippen molar-refractivity contribution >= 4 is 5.91 Å². The first kappa shape index (κ1) is 17.9. The van der Waals surface area contributed by atoms with Crippen LogP contribution in [-0.4, -0.2) is 38.3 Å². The standard InChI is InChI=1S/C15H23N3O2.ClH/c1-14(2)9-11(10-15(3,4)18(14)20)17-13(19)12-7-5-6-8-16-12;/h5-8,11,20H,9-10H2,1-4H3,(H,17,19);1H/p-1. The van der Waals surface area contributed by atoms with Crippen LogP contribution in [0.25, 0.3) is 0 Å². The van der Waals surface area contributed by atoms with Crippen molar-refractivity contribution < 1.29 is 22.4 Å². The number of halogens is 1. The van der Waals surface area contributed by atoms with Crippen LogP contribution in [0.3, 0.4) is 0 Å². The average molecular weight is 313 g/mol. The Kier molecular flexibility index (Phi) is 5.36. The second-order valence-corrected chi connectivity index (χ2v) is 6.73. The van der Waals surface area contributed by atoms with Gasteiger partial charge in [0.15, 0.2) is 0 Å². The lowest BCUT2D eigenvalue weighted by Gasteiger charge is -2.51. The summed E-state index contributed by atoms with van der Waals surface area (Å²) >= 11 is 0. The first-order chi connectivity index (χ1) is 9.22. The Morgan fingerprint density at radius 2 is 1.86 bits per heavy atom. The molecule has 0 unspecified atom stereocenters. The van der Waals surface area contributed by atoms with Crippen LogP contribution in [0.1, 0.15) is 51.0 Å². The van der Waals surface area contributed by atoms with E-state index in [9.17, 15) is 10.0 Å². The Morgan fingerprint density at radius 3 is 2.33 bits per heavy atom. The number of amides is 1. The molecule has 0 saturated carbocycles. The first-order valence-corrected chi connectivity index (χ1v) is 6.93. The zero-order valence-electron chi connectivity index (χ0n) is 12.9. The van der Waals surface area contributed by atoms with Crippen LogP contribution in [0.4, 0.5) is 0 Å². The van der Waals surface area contributed by atoms with Gasteiger partial charge in [-0.15, -0.1) is 0 Å². The minimum Gasteiger partial charge on any atom is -1.00 e. The molecule has 6 heteroatoms. The fourth-order valence-electron chi connectivity index (χ4n) is 3.13. The number of carbonyl (C=O) groups excluding carboxylic acids is 1. The molecule has 1 amide bonds. The predicted molar refractivity (Wildman–Crippen MR) is 76.5 cm³/mol. The highest BCUT2D eigenvalue weighted by Crippen LogP contribution is 2.36. The lowest BCUT2D eigenvalue weighted by Crippen LogP contribution is -3.00. The van der Waals surface area contributed by atoms with Crippen molar-refractivity contribution in [1.29, 1.82) is 0 Å². The van der Waals surface area contributed by atoms with Crippen molar-refractivity contribution in [2.45, 2.75) is 57.7 Å². The van der Waals surface area contributed by atoms with E-state index >= 15 is 0 Å². The van der Waals surface area contributed by atoms with E-state index in [0.29, 0.717) is 18.5 Å². The molecule has 1 aliphatic rings. The summed E-state index contributed by atoms with van der Waals surface area (Å²) in [6.07, 6.45) is 3.01. The molecular formula is C15H23ClN3O2-. The van der Waals surface area contributed by atoms with E-state index in [1.54, 1.807) is 24.4 Å². The monoisotopic (exact) mass is 312 g/mol. The fourth-order valence-corrected chi connectivity index (χ4v) is 3.13. The van der Waals surface area contributed by atoms with Crippen LogP contribution in [0.2, 0.25) is 0 Å². The molecule has 0 atom stereocenters. The number of nitrogens with one attached hydrogen (secondary N) is 1. The average Bonchev–Trinajstić information content (AvgIpc) is 2.36. The topological polar surface area (TPSA) is 65.5 Å². The second-order valence-electron chi connectivity index (χ2n) is 6.73. The molecule has 0 radical (unpaired) electrons. The zero-order valence-corrected chi connectivity index (χ0v) is 13.7. The number of nitrogens with zero attached hydrogens (tertiary/aromatic N) is 2. The summed E-state index contributed by atoms with van der Waals surface area (Å²) in [5.41, 5.74) is -0.317. The lowest BCUT2D eigenvalue weighted by molar-refractivity contribution is -0.245. The van der Waals surface area contributed by atoms with E-state index in [1.165, 1.54) is 5.06 Å². The lowest BCUT2D eigenvalue weighted by atomic mass is 9.79. The Labute approximate surface area is 132 Å². The summed E-state index contributed by atoms with van der Waals surface area (Å²) in [6.45, 7) is 7.92. The van der Waals surface area contributed by atoms with Gasteiger partial charge in [-0.3, -0.25) is 9.78 Å². The molecule has 1 aromatic heterocycles. The van der Waals surface area contributed by atoms with E-state index in [-0.39, 0.29) is 35.4 Å². The Morgan fingerprint density at radius 1 is 1.29 bits per heavy atom. The molecule has 2 heterocycles. The number of aromatic nitrogens is 1. The van der Waals surface area contributed by atoms with Crippen LogP contribution in [0.15, 0.2) is 24.4 Å². The Bertz CT molecular complexity index is 473. The highest BCUT2D eigenvalue weighted by molar-refractivity contribution is 5.92. The van der Waals surface area contributed by atoms with Gasteiger partial charge in [-0.25, -0.2) is 0 Å². The number of hydrogen-bond donors (Lipinski definition) is 2. The molecule has 0 bridgehead atoms. The van der Waals surface area contributed by atoms with Gasteiger partial charge >= 0.3 is 0 Å². The maximum atomic E-state index is 12.2. The molecule has 1 aromatic rings. The van der Waals surface area contributed by atoms with Gasteiger partial charge in [0.05, 0.1) is 0 Å². The third-order valence-corrected chi connectivity index (χ3v) is 3.87. The van der Waals surface area contributed by atoms with Gasteiger partial charge in [0.1, 0.15) is 5.69 Å². The van der Waals surface area contributed by atoms with Crippen molar-refractivity contribution in [2.75, 3.05) is 0 Å². The quantitative estimate of drug-likeness (QED) is 0.752. The van der Waals surface area contributed by atoms with Crippen LogP contribution >= 0.6 is 0 Å². The molecule has 2 rings (SSSR count). The van der Waals surface area contributed by atoms with Gasteiger partial charge in [-0.1, -0.05) is 6.07 Å². The third kappa shape index (κ3) is 3.93. The van der Waals surface area contributed by atoms with Gasteiger partial charge in [0, 0.05) is 23.3 Å². The normalized spacial score (nSPS) is 21.4. The maximum Gasteiger partial charge on any atom is 0.270 e. The smallest absolute Gasteiger partial charge is 0.270 e. The first-order valence-electron chi connectivity index (χ1n) is 6.93. The molecule has 0 spiro atoms.